The summed E-state index contributed by atoms with van der Waals surface area (Å²) in [5, 5.41) is 16.3. The summed E-state index contributed by atoms with van der Waals surface area (Å²) in [6, 6.07) is 14.5. The van der Waals surface area contributed by atoms with Gasteiger partial charge in [-0.1, -0.05) is 54.1 Å². The van der Waals surface area contributed by atoms with Crippen LogP contribution in [0, 0.1) is 12.3 Å². The zero-order chi connectivity index (χ0) is 21.7. The summed E-state index contributed by atoms with van der Waals surface area (Å²) in [6.45, 7) is 4.83. The van der Waals surface area contributed by atoms with E-state index in [4.69, 9.17) is 11.1 Å². The Kier molecular flexibility index (Phi) is 6.84. The van der Waals surface area contributed by atoms with E-state index in [1.165, 1.54) is 11.1 Å². The molecule has 2 amide bonds. The number of carbonyl (C=O) groups excluding carboxylic acids is 2. The van der Waals surface area contributed by atoms with Crippen LogP contribution < -0.4 is 21.7 Å². The largest absolute Gasteiger partial charge is 0.384 e. The number of nitrogens with two attached hydrogens (primary N) is 1. The van der Waals surface area contributed by atoms with Crippen molar-refractivity contribution in [1.82, 2.24) is 16.0 Å². The first-order chi connectivity index (χ1) is 14.3. The molecule has 0 radical (unpaired) electrons. The first-order valence-electron chi connectivity index (χ1n) is 10.1. The molecule has 7 heteroatoms. The maximum atomic E-state index is 12.6. The Morgan fingerprint density at radius 3 is 2.63 bits per heavy atom. The fraction of sp³-hybridized carbons (Fsp3) is 0.348. The van der Waals surface area contributed by atoms with Gasteiger partial charge in [0.2, 0.25) is 11.8 Å². The molecule has 1 heterocycles. The smallest absolute Gasteiger partial charge is 0.242 e. The highest BCUT2D eigenvalue weighted by molar-refractivity contribution is 5.95. The van der Waals surface area contributed by atoms with Gasteiger partial charge in [-0.2, -0.15) is 0 Å². The molecule has 1 saturated heterocycles. The fourth-order valence-corrected chi connectivity index (χ4v) is 3.64. The molecule has 0 bridgehead atoms. The minimum Gasteiger partial charge on any atom is -0.384 e. The third-order valence-corrected chi connectivity index (χ3v) is 5.44. The second-order valence-corrected chi connectivity index (χ2v) is 7.87. The van der Waals surface area contributed by atoms with Gasteiger partial charge >= 0.3 is 0 Å². The molecule has 1 unspecified atom stereocenters. The highest BCUT2D eigenvalue weighted by Gasteiger charge is 2.31. The van der Waals surface area contributed by atoms with Crippen LogP contribution in [0.25, 0.3) is 0 Å². The van der Waals surface area contributed by atoms with E-state index in [9.17, 15) is 9.59 Å². The third kappa shape index (κ3) is 5.45. The molecule has 30 heavy (non-hydrogen) atoms. The summed E-state index contributed by atoms with van der Waals surface area (Å²) in [4.78, 5) is 25.0. The Bertz CT molecular complexity index is 925. The van der Waals surface area contributed by atoms with Gasteiger partial charge in [0.15, 0.2) is 0 Å². The Morgan fingerprint density at radius 2 is 1.97 bits per heavy atom. The summed E-state index contributed by atoms with van der Waals surface area (Å²) in [6.07, 6.45) is 0.714. The van der Waals surface area contributed by atoms with Gasteiger partial charge in [0.25, 0.3) is 0 Å². The molecule has 3 rings (SSSR count). The van der Waals surface area contributed by atoms with Crippen LogP contribution in [0.3, 0.4) is 0 Å². The molecule has 0 aromatic heterocycles. The Labute approximate surface area is 176 Å². The maximum absolute atomic E-state index is 12.6. The number of rotatable bonds is 7. The van der Waals surface area contributed by atoms with Crippen molar-refractivity contribution in [2.45, 2.75) is 44.8 Å². The summed E-state index contributed by atoms with van der Waals surface area (Å²) < 4.78 is 0. The monoisotopic (exact) mass is 407 g/mol. The predicted octanol–water partition coefficient (Wildman–Crippen LogP) is 1.55. The Hall–Kier alpha value is -3.19. The number of amidine groups is 1. The average molecular weight is 408 g/mol. The molecule has 158 valence electrons. The first kappa shape index (κ1) is 21.5. The van der Waals surface area contributed by atoms with E-state index in [2.05, 4.69) is 41.1 Å². The van der Waals surface area contributed by atoms with Crippen molar-refractivity contribution in [2.75, 3.05) is 6.54 Å². The highest BCUT2D eigenvalue weighted by Crippen LogP contribution is 2.26. The van der Waals surface area contributed by atoms with Crippen LogP contribution in [0.1, 0.15) is 41.5 Å². The molecule has 1 fully saturated rings. The summed E-state index contributed by atoms with van der Waals surface area (Å²) >= 11 is 0. The standard InChI is InChI=1S/C23H29N5O2/c1-14-4-3-5-18(10-14)19-11-20(26-13-19)23(30)28-15(2)22(29)27-12-16-6-8-17(9-7-16)21(24)25/h3-10,15,19-20,26H,11-13H2,1-2H3,(H3,24,25)(H,27,29)(H,28,30)/t15-,19?,20+/m0/s1. The van der Waals surface area contributed by atoms with Gasteiger partial charge in [0.1, 0.15) is 11.9 Å². The van der Waals surface area contributed by atoms with Crippen LogP contribution in [0.15, 0.2) is 48.5 Å². The van der Waals surface area contributed by atoms with E-state index < -0.39 is 6.04 Å². The Morgan fingerprint density at radius 1 is 1.23 bits per heavy atom. The molecule has 7 nitrogen and oxygen atoms in total. The molecule has 2 aromatic carbocycles. The lowest BCUT2D eigenvalue weighted by Crippen LogP contribution is -2.49. The highest BCUT2D eigenvalue weighted by atomic mass is 16.2. The molecule has 0 aliphatic carbocycles. The van der Waals surface area contributed by atoms with Crippen molar-refractivity contribution in [3.63, 3.8) is 0 Å². The summed E-state index contributed by atoms with van der Waals surface area (Å²) in [5.74, 6) is -0.0966. The van der Waals surface area contributed by atoms with Crippen molar-refractivity contribution >= 4 is 17.6 Å². The van der Waals surface area contributed by atoms with Gasteiger partial charge in [0, 0.05) is 18.7 Å². The lowest BCUT2D eigenvalue weighted by Gasteiger charge is -2.17. The van der Waals surface area contributed by atoms with Gasteiger partial charge in [0.05, 0.1) is 6.04 Å². The number of nitrogens with one attached hydrogen (secondary N) is 4. The lowest BCUT2D eigenvalue weighted by atomic mass is 9.95. The van der Waals surface area contributed by atoms with Crippen molar-refractivity contribution < 1.29 is 9.59 Å². The normalized spacial score (nSPS) is 19.1. The molecule has 3 atom stereocenters. The quantitative estimate of drug-likeness (QED) is 0.353. The SMILES string of the molecule is Cc1cccc(C2CN[C@@H](C(=O)N[C@@H](C)C(=O)NCc3ccc(C(=N)N)cc3)C2)c1. The van der Waals surface area contributed by atoms with E-state index >= 15 is 0 Å². The van der Waals surface area contributed by atoms with Crippen molar-refractivity contribution in [1.29, 1.82) is 5.41 Å². The van der Waals surface area contributed by atoms with Gasteiger partial charge in [-0.05, 0) is 37.3 Å². The fourth-order valence-electron chi connectivity index (χ4n) is 3.64. The van der Waals surface area contributed by atoms with Crippen molar-refractivity contribution in [3.8, 4) is 0 Å². The van der Waals surface area contributed by atoms with E-state index in [0.717, 1.165) is 12.1 Å². The minimum absolute atomic E-state index is 0.00656. The Balaban J connectivity index is 1.46. The van der Waals surface area contributed by atoms with E-state index in [1.54, 1.807) is 19.1 Å². The first-order valence-corrected chi connectivity index (χ1v) is 10.1. The van der Waals surface area contributed by atoms with Crippen LogP contribution in [-0.4, -0.2) is 36.3 Å². The van der Waals surface area contributed by atoms with Gasteiger partial charge in [-0.3, -0.25) is 15.0 Å². The molecular weight excluding hydrogens is 378 g/mol. The molecule has 6 N–H and O–H groups in total. The summed E-state index contributed by atoms with van der Waals surface area (Å²) in [5.41, 5.74) is 9.42. The third-order valence-electron chi connectivity index (χ3n) is 5.44. The van der Waals surface area contributed by atoms with Crippen LogP contribution in [0.2, 0.25) is 0 Å². The molecule has 1 aliphatic rings. The van der Waals surface area contributed by atoms with Gasteiger partial charge in [-0.15, -0.1) is 0 Å². The zero-order valence-electron chi connectivity index (χ0n) is 17.4. The number of amides is 2. The van der Waals surface area contributed by atoms with Gasteiger partial charge < -0.3 is 21.7 Å². The van der Waals surface area contributed by atoms with Gasteiger partial charge in [-0.25, -0.2) is 0 Å². The number of aryl methyl sites for hydroxylation is 1. The maximum Gasteiger partial charge on any atom is 0.242 e. The molecular formula is C23H29N5O2. The van der Waals surface area contributed by atoms with Crippen LogP contribution in [0.5, 0.6) is 0 Å². The topological polar surface area (TPSA) is 120 Å². The van der Waals surface area contributed by atoms with Crippen molar-refractivity contribution in [3.05, 3.63) is 70.8 Å². The minimum atomic E-state index is -0.631. The van der Waals surface area contributed by atoms with E-state index in [1.807, 2.05) is 18.2 Å². The molecule has 0 spiro atoms. The number of nitrogen functional groups attached to an aromatic ring is 1. The van der Waals surface area contributed by atoms with Crippen LogP contribution in [-0.2, 0) is 16.1 Å². The predicted molar refractivity (Wildman–Crippen MR) is 117 cm³/mol. The zero-order valence-corrected chi connectivity index (χ0v) is 17.4. The van der Waals surface area contributed by atoms with Crippen molar-refractivity contribution in [2.24, 2.45) is 5.73 Å². The average Bonchev–Trinajstić information content (AvgIpc) is 3.22. The molecule has 2 aromatic rings. The molecule has 0 saturated carbocycles. The van der Waals surface area contributed by atoms with Crippen LogP contribution >= 0.6 is 0 Å². The van der Waals surface area contributed by atoms with E-state index in [0.29, 0.717) is 24.4 Å². The number of benzene rings is 2. The second kappa shape index (κ2) is 9.54. The molecule has 1 aliphatic heterocycles. The van der Waals surface area contributed by atoms with Crippen LogP contribution in [0.4, 0.5) is 0 Å². The number of hydrogen-bond donors (Lipinski definition) is 5. The number of hydrogen-bond acceptors (Lipinski definition) is 4. The second-order valence-electron chi connectivity index (χ2n) is 7.87. The van der Waals surface area contributed by atoms with E-state index in [-0.39, 0.29) is 23.7 Å². The lowest BCUT2D eigenvalue weighted by molar-refractivity contribution is -0.129. The number of carbonyl (C=O) groups is 2. The summed E-state index contributed by atoms with van der Waals surface area (Å²) in [7, 11) is 0.